The summed E-state index contributed by atoms with van der Waals surface area (Å²) in [7, 11) is -2.86. The number of anilines is 1. The second kappa shape index (κ2) is 12.6. The van der Waals surface area contributed by atoms with Crippen LogP contribution in [0.4, 0.5) is 5.95 Å². The molecule has 16 heteroatoms. The molecule has 3 aromatic rings. The van der Waals surface area contributed by atoms with Gasteiger partial charge < -0.3 is 29.6 Å². The van der Waals surface area contributed by atoms with Gasteiger partial charge in [-0.1, -0.05) is 32.0 Å². The molecule has 1 unspecified atom stereocenters. The van der Waals surface area contributed by atoms with E-state index in [0.717, 1.165) is 0 Å². The maximum absolute atomic E-state index is 13.9. The van der Waals surface area contributed by atoms with Crippen LogP contribution in [-0.4, -0.2) is 69.2 Å². The van der Waals surface area contributed by atoms with Crippen molar-refractivity contribution in [1.29, 1.82) is 5.26 Å². The Morgan fingerprint density at radius 3 is 2.67 bits per heavy atom. The van der Waals surface area contributed by atoms with Crippen LogP contribution in [0.2, 0.25) is 0 Å². The Hall–Kier alpha value is -3.80. The Bertz CT molecular complexity index is 1500. The number of methoxy groups -OCH3 is 1. The number of benzene rings is 1. The van der Waals surface area contributed by atoms with E-state index in [1.807, 2.05) is 13.8 Å². The third kappa shape index (κ3) is 6.48. The summed E-state index contributed by atoms with van der Waals surface area (Å²) in [6, 6.07) is 9.27. The van der Waals surface area contributed by atoms with E-state index in [4.69, 9.17) is 29.0 Å². The Labute approximate surface area is 242 Å². The number of aromatic nitrogens is 4. The Morgan fingerprint density at radius 1 is 1.31 bits per heavy atom. The molecular weight excluding hydrogens is 569 g/mol. The molecule has 0 radical (unpaired) electrons. The number of nitriles is 1. The summed E-state index contributed by atoms with van der Waals surface area (Å²) in [4.78, 5) is 25.0. The molecule has 4 rings (SSSR count). The average molecular weight is 604 g/mol. The van der Waals surface area contributed by atoms with Gasteiger partial charge in [0.15, 0.2) is 17.4 Å². The molecule has 3 heterocycles. The van der Waals surface area contributed by atoms with Crippen LogP contribution in [0.1, 0.15) is 33.9 Å². The van der Waals surface area contributed by atoms with Crippen molar-refractivity contribution in [3.05, 3.63) is 36.7 Å². The molecule has 0 saturated carbocycles. The van der Waals surface area contributed by atoms with Gasteiger partial charge in [0.25, 0.3) is 0 Å². The Morgan fingerprint density at radius 2 is 2.02 bits per heavy atom. The first kappa shape index (κ1) is 31.1. The van der Waals surface area contributed by atoms with Crippen molar-refractivity contribution in [3.8, 4) is 17.7 Å². The predicted octanol–water partition coefficient (Wildman–Crippen LogP) is 2.59. The summed E-state index contributed by atoms with van der Waals surface area (Å²) in [6.07, 6.45) is -2.31. The van der Waals surface area contributed by atoms with Crippen LogP contribution in [0.3, 0.4) is 0 Å². The van der Waals surface area contributed by atoms with Crippen molar-refractivity contribution in [1.82, 2.24) is 24.6 Å². The molecule has 226 valence electrons. The monoisotopic (exact) mass is 603 g/mol. The van der Waals surface area contributed by atoms with Crippen LogP contribution in [0, 0.1) is 22.7 Å². The molecule has 42 heavy (non-hydrogen) atoms. The number of ether oxygens (including phenoxy) is 3. The van der Waals surface area contributed by atoms with Gasteiger partial charge in [-0.15, -0.1) is 0 Å². The molecule has 0 bridgehead atoms. The first-order valence-corrected chi connectivity index (χ1v) is 14.7. The lowest BCUT2D eigenvalue weighted by atomic mass is 9.84. The zero-order valence-corrected chi connectivity index (χ0v) is 24.7. The maximum Gasteiger partial charge on any atom is 0.459 e. The van der Waals surface area contributed by atoms with Gasteiger partial charge >= 0.3 is 13.7 Å². The number of carbonyl (C=O) groups excluding carboxylic acids is 1. The van der Waals surface area contributed by atoms with Crippen LogP contribution < -0.4 is 20.1 Å². The van der Waals surface area contributed by atoms with E-state index in [1.54, 1.807) is 30.3 Å². The second-order valence-corrected chi connectivity index (χ2v) is 12.0. The normalized spacial score (nSPS) is 24.2. The fourth-order valence-electron chi connectivity index (χ4n) is 4.29. The molecule has 0 aliphatic carbocycles. The van der Waals surface area contributed by atoms with Crippen molar-refractivity contribution in [3.63, 3.8) is 0 Å². The third-order valence-electron chi connectivity index (χ3n) is 6.52. The summed E-state index contributed by atoms with van der Waals surface area (Å²) in [6.45, 7) is 6.43. The molecule has 1 saturated heterocycles. The van der Waals surface area contributed by atoms with Crippen molar-refractivity contribution in [2.24, 2.45) is 11.3 Å². The van der Waals surface area contributed by atoms with E-state index in [2.05, 4.69) is 26.1 Å². The molecule has 1 aliphatic heterocycles. The number of nitrogens with one attached hydrogen (secondary N) is 1. The fraction of sp³-hybridized carbons (Fsp3) is 0.500. The molecule has 1 fully saturated rings. The third-order valence-corrected chi connectivity index (χ3v) is 8.16. The van der Waals surface area contributed by atoms with Gasteiger partial charge in [-0.25, -0.2) is 9.55 Å². The number of rotatable bonds is 12. The van der Waals surface area contributed by atoms with Gasteiger partial charge in [0.05, 0.1) is 32.7 Å². The molecular formula is C26H34N7O8P. The molecule has 1 aromatic carbocycles. The number of hydrogen-bond donors (Lipinski definition) is 3. The number of aliphatic hydroxyl groups is 1. The SMILES string of the molecule is COc1nc(N)nc2c1ncn2[C@@H]1O[C@H](COP(=O)(N[C@@H](C)C(=O)OCC(C)C)Oc2ccccc2)[C@@H](O)[C@@]1(C)C#N. The van der Waals surface area contributed by atoms with Crippen molar-refractivity contribution < 1.29 is 37.7 Å². The number of aliphatic hydroxyl groups excluding tert-OH is 1. The van der Waals surface area contributed by atoms with Crippen molar-refractivity contribution >= 4 is 30.8 Å². The lowest BCUT2D eigenvalue weighted by molar-refractivity contribution is -0.146. The summed E-state index contributed by atoms with van der Waals surface area (Å²) in [5, 5.41) is 23.9. The molecule has 0 spiro atoms. The number of esters is 1. The number of nitrogens with zero attached hydrogens (tertiary/aromatic N) is 5. The van der Waals surface area contributed by atoms with Crippen molar-refractivity contribution in [2.45, 2.75) is 52.2 Å². The van der Waals surface area contributed by atoms with Gasteiger partial charge in [-0.3, -0.25) is 13.9 Å². The molecule has 4 N–H and O–H groups in total. The first-order chi connectivity index (χ1) is 19.9. The Kier molecular flexibility index (Phi) is 9.34. The summed E-state index contributed by atoms with van der Waals surface area (Å²) >= 11 is 0. The van der Waals surface area contributed by atoms with Gasteiger partial charge in [0.1, 0.15) is 29.4 Å². The molecule has 2 aromatic heterocycles. The highest BCUT2D eigenvalue weighted by molar-refractivity contribution is 7.52. The minimum absolute atomic E-state index is 0.0932. The first-order valence-electron chi connectivity index (χ1n) is 13.1. The van der Waals surface area contributed by atoms with Gasteiger partial charge in [0, 0.05) is 0 Å². The van der Waals surface area contributed by atoms with Crippen molar-refractivity contribution in [2.75, 3.05) is 26.1 Å². The van der Waals surface area contributed by atoms with E-state index in [1.165, 1.54) is 31.9 Å². The number of imidazole rings is 1. The summed E-state index contributed by atoms with van der Waals surface area (Å²) in [5.41, 5.74) is 4.79. The highest BCUT2D eigenvalue weighted by Gasteiger charge is 2.55. The zero-order chi connectivity index (χ0) is 30.7. The maximum atomic E-state index is 13.9. The van der Waals surface area contributed by atoms with Gasteiger partial charge in [0.2, 0.25) is 11.8 Å². The summed E-state index contributed by atoms with van der Waals surface area (Å²) < 4.78 is 43.3. The smallest absolute Gasteiger partial charge is 0.459 e. The number of fused-ring (bicyclic) bond motifs is 1. The predicted molar refractivity (Wildman–Crippen MR) is 149 cm³/mol. The fourth-order valence-corrected chi connectivity index (χ4v) is 5.79. The quantitative estimate of drug-likeness (QED) is 0.201. The topological polar surface area (TPSA) is 206 Å². The number of nitrogens with two attached hydrogens (primary N) is 1. The lowest BCUT2D eigenvalue weighted by Crippen LogP contribution is -2.39. The molecule has 15 nitrogen and oxygen atoms in total. The van der Waals surface area contributed by atoms with Crippen LogP contribution >= 0.6 is 7.75 Å². The summed E-state index contributed by atoms with van der Waals surface area (Å²) in [5.74, 6) is -0.310. The molecule has 6 atom stereocenters. The second-order valence-electron chi connectivity index (χ2n) is 10.4. The van der Waals surface area contributed by atoms with Crippen LogP contribution in [0.5, 0.6) is 11.6 Å². The highest BCUT2D eigenvalue weighted by Crippen LogP contribution is 2.49. The number of para-hydroxylation sites is 1. The van der Waals surface area contributed by atoms with Gasteiger partial charge in [-0.2, -0.15) is 20.3 Å². The van der Waals surface area contributed by atoms with Crippen LogP contribution in [0.15, 0.2) is 36.7 Å². The highest BCUT2D eigenvalue weighted by atomic mass is 31.2. The largest absolute Gasteiger partial charge is 0.479 e. The van der Waals surface area contributed by atoms with E-state index in [9.17, 15) is 19.7 Å². The molecule has 0 amide bonds. The molecule has 1 aliphatic rings. The minimum Gasteiger partial charge on any atom is -0.479 e. The van der Waals surface area contributed by atoms with Crippen LogP contribution in [-0.2, 0) is 23.4 Å². The number of nitrogen functional groups attached to an aromatic ring is 1. The van der Waals surface area contributed by atoms with E-state index < -0.39 is 50.2 Å². The Balaban J connectivity index is 1.58. The van der Waals surface area contributed by atoms with Gasteiger partial charge in [-0.05, 0) is 31.9 Å². The average Bonchev–Trinajstić information content (AvgIpc) is 3.48. The van der Waals surface area contributed by atoms with E-state index >= 15 is 0 Å². The van der Waals surface area contributed by atoms with E-state index in [0.29, 0.717) is 0 Å². The van der Waals surface area contributed by atoms with E-state index in [-0.39, 0.29) is 41.3 Å². The lowest BCUT2D eigenvalue weighted by Gasteiger charge is -2.26. The number of carbonyl (C=O) groups is 1. The number of hydrogen-bond acceptors (Lipinski definition) is 13. The van der Waals surface area contributed by atoms with Crippen LogP contribution in [0.25, 0.3) is 11.2 Å². The standard InChI is InChI=1S/C26H34N7O8P/c1-15(2)11-38-23(35)16(3)32-42(36,41-17-9-7-6-8-10-17)39-12-18-20(34)26(4,13-27)24(40-18)33-14-29-19-21(33)30-25(28)31-22(19)37-5/h6-10,14-16,18,20,24,34H,11-12H2,1-5H3,(H,32,36)(H2,28,30,31)/t16-,18+,20+,24+,26+,42?/m0/s1. The zero-order valence-electron chi connectivity index (χ0n) is 23.8. The minimum atomic E-state index is -4.26.